The molecule has 3 nitrogen and oxygen atoms in total. The van der Waals surface area contributed by atoms with Crippen LogP contribution >= 0.6 is 0 Å². The van der Waals surface area contributed by atoms with Crippen molar-refractivity contribution in [3.8, 4) is 0 Å². The fourth-order valence-electron chi connectivity index (χ4n) is 0.262. The molecule has 0 bridgehead atoms. The molecule has 0 saturated heterocycles. The van der Waals surface area contributed by atoms with Crippen LogP contribution < -0.4 is 0 Å². The Labute approximate surface area is 48.3 Å². The van der Waals surface area contributed by atoms with Crippen LogP contribution in [0.3, 0.4) is 0 Å². The van der Waals surface area contributed by atoms with Crippen LogP contribution in [0.4, 0.5) is 0 Å². The van der Waals surface area contributed by atoms with E-state index >= 15 is 0 Å². The molecule has 0 radical (unpaired) electrons. The zero-order valence-corrected chi connectivity index (χ0v) is 4.58. The Morgan fingerprint density at radius 1 is 1.75 bits per heavy atom. The summed E-state index contributed by atoms with van der Waals surface area (Å²) in [6.07, 6.45) is 3.33. The molecular formula is C5H9NO2. The van der Waals surface area contributed by atoms with Gasteiger partial charge in [0.25, 0.3) is 0 Å². The third-order valence-electron chi connectivity index (χ3n) is 0.564. The number of hydrogen-bond donors (Lipinski definition) is 1. The van der Waals surface area contributed by atoms with Gasteiger partial charge in [0.2, 0.25) is 0 Å². The van der Waals surface area contributed by atoms with E-state index < -0.39 is 0 Å². The lowest BCUT2D eigenvalue weighted by molar-refractivity contribution is 0.259. The van der Waals surface area contributed by atoms with E-state index in [2.05, 4.69) is 11.7 Å². The van der Waals surface area contributed by atoms with Crippen molar-refractivity contribution in [1.82, 2.24) is 0 Å². The molecule has 0 atom stereocenters. The van der Waals surface area contributed by atoms with Gasteiger partial charge in [0.1, 0.15) is 0 Å². The van der Waals surface area contributed by atoms with Crippen molar-refractivity contribution in [1.29, 1.82) is 0 Å². The maximum absolute atomic E-state index is 7.85. The minimum absolute atomic E-state index is 0.521. The highest BCUT2D eigenvalue weighted by molar-refractivity contribution is 5.56. The van der Waals surface area contributed by atoms with Crippen molar-refractivity contribution in [3.63, 3.8) is 0 Å². The quantitative estimate of drug-likeness (QED) is 0.195. The number of ether oxygens (including phenoxy) is 1. The number of hydrogen-bond acceptors (Lipinski definition) is 3. The molecule has 0 unspecified atom stereocenters. The van der Waals surface area contributed by atoms with Crippen molar-refractivity contribution in [2.45, 2.75) is 6.42 Å². The van der Waals surface area contributed by atoms with Gasteiger partial charge >= 0.3 is 0 Å². The second-order valence-electron chi connectivity index (χ2n) is 1.12. The largest absolute Gasteiger partial charge is 0.501 e. The second kappa shape index (κ2) is 6.01. The highest BCUT2D eigenvalue weighted by Gasteiger charge is 1.76. The van der Waals surface area contributed by atoms with Gasteiger partial charge in [-0.25, -0.2) is 0 Å². The summed E-state index contributed by atoms with van der Waals surface area (Å²) in [4.78, 5) is 0. The Kier molecular flexibility index (Phi) is 5.27. The minimum Gasteiger partial charge on any atom is -0.501 e. The van der Waals surface area contributed by atoms with Gasteiger partial charge < -0.3 is 9.94 Å². The SMILES string of the molecule is C=COCCC=NO. The first-order chi connectivity index (χ1) is 3.91. The van der Waals surface area contributed by atoms with Crippen molar-refractivity contribution >= 4 is 6.21 Å². The number of nitrogens with zero attached hydrogens (tertiary/aromatic N) is 1. The van der Waals surface area contributed by atoms with Gasteiger partial charge in [-0.15, -0.1) is 5.16 Å². The standard InChI is InChI=1S/C5H9NO2/c1-2-8-5-3-4-6-7/h2,4,7H,1,3,5H2. The minimum atomic E-state index is 0.521. The Bertz CT molecular complexity index is 80.5. The lowest BCUT2D eigenvalue weighted by Gasteiger charge is -1.91. The highest BCUT2D eigenvalue weighted by Crippen LogP contribution is 1.76. The normalized spacial score (nSPS) is 9.50. The maximum Gasteiger partial charge on any atom is 0.0923 e. The van der Waals surface area contributed by atoms with Crippen molar-refractivity contribution in [3.05, 3.63) is 12.8 Å². The van der Waals surface area contributed by atoms with Crippen molar-refractivity contribution in [2.75, 3.05) is 6.61 Å². The maximum atomic E-state index is 7.85. The summed E-state index contributed by atoms with van der Waals surface area (Å²) >= 11 is 0. The van der Waals surface area contributed by atoms with Crippen LogP contribution in [0.25, 0.3) is 0 Å². The summed E-state index contributed by atoms with van der Waals surface area (Å²) in [7, 11) is 0. The van der Waals surface area contributed by atoms with Gasteiger partial charge in [0.05, 0.1) is 12.9 Å². The number of rotatable bonds is 4. The molecule has 46 valence electrons. The zero-order chi connectivity index (χ0) is 6.24. The van der Waals surface area contributed by atoms with E-state index in [9.17, 15) is 0 Å². The van der Waals surface area contributed by atoms with Gasteiger partial charge in [-0.05, 0) is 0 Å². The van der Waals surface area contributed by atoms with Crippen molar-refractivity contribution < 1.29 is 9.94 Å². The smallest absolute Gasteiger partial charge is 0.0923 e. The summed E-state index contributed by atoms with van der Waals surface area (Å²) in [5, 5.41) is 10.6. The average Bonchev–Trinajstić information content (AvgIpc) is 1.81. The fraction of sp³-hybridized carbons (Fsp3) is 0.400. The summed E-state index contributed by atoms with van der Waals surface area (Å²) in [6.45, 7) is 3.85. The topological polar surface area (TPSA) is 41.8 Å². The Balaban J connectivity index is 2.82. The fourth-order valence-corrected chi connectivity index (χ4v) is 0.262. The molecule has 8 heavy (non-hydrogen) atoms. The molecule has 0 amide bonds. The van der Waals surface area contributed by atoms with Crippen LogP contribution in [0.5, 0.6) is 0 Å². The molecule has 1 N–H and O–H groups in total. The first kappa shape index (κ1) is 7.01. The molecule has 0 aliphatic rings. The Hall–Kier alpha value is -0.990. The molecule has 0 aromatic rings. The second-order valence-corrected chi connectivity index (χ2v) is 1.12. The molecule has 3 heteroatoms. The lowest BCUT2D eigenvalue weighted by atomic mass is 10.5. The van der Waals surface area contributed by atoms with Gasteiger partial charge in [-0.3, -0.25) is 0 Å². The summed E-state index contributed by atoms with van der Waals surface area (Å²) < 4.78 is 4.70. The van der Waals surface area contributed by atoms with Gasteiger partial charge in [-0.2, -0.15) is 0 Å². The van der Waals surface area contributed by atoms with Crippen LogP contribution in [-0.2, 0) is 4.74 Å². The molecule has 0 aliphatic heterocycles. The summed E-state index contributed by atoms with van der Waals surface area (Å²) in [5.74, 6) is 0. The molecule has 0 heterocycles. The summed E-state index contributed by atoms with van der Waals surface area (Å²) in [6, 6.07) is 0. The predicted molar refractivity (Wildman–Crippen MR) is 31.0 cm³/mol. The third kappa shape index (κ3) is 5.01. The van der Waals surface area contributed by atoms with E-state index in [1.807, 2.05) is 0 Å². The predicted octanol–water partition coefficient (Wildman–Crippen LogP) is 0.997. The van der Waals surface area contributed by atoms with Crippen LogP contribution in [0.1, 0.15) is 6.42 Å². The zero-order valence-electron chi connectivity index (χ0n) is 4.58. The van der Waals surface area contributed by atoms with E-state index in [-0.39, 0.29) is 0 Å². The lowest BCUT2D eigenvalue weighted by Crippen LogP contribution is -1.86. The van der Waals surface area contributed by atoms with E-state index in [1.54, 1.807) is 0 Å². The molecule has 0 rings (SSSR count). The Morgan fingerprint density at radius 3 is 3.00 bits per heavy atom. The molecule has 0 aliphatic carbocycles. The first-order valence-electron chi connectivity index (χ1n) is 2.30. The molecule has 0 aromatic carbocycles. The third-order valence-corrected chi connectivity index (χ3v) is 0.564. The van der Waals surface area contributed by atoms with Crippen LogP contribution in [0.15, 0.2) is 18.0 Å². The number of oxime groups is 1. The molecule has 0 fully saturated rings. The van der Waals surface area contributed by atoms with Gasteiger partial charge in [0, 0.05) is 12.6 Å². The average molecular weight is 115 g/mol. The molecule has 0 spiro atoms. The van der Waals surface area contributed by atoms with Crippen LogP contribution in [0.2, 0.25) is 0 Å². The highest BCUT2D eigenvalue weighted by atomic mass is 16.5. The monoisotopic (exact) mass is 115 g/mol. The van der Waals surface area contributed by atoms with Crippen molar-refractivity contribution in [2.24, 2.45) is 5.16 Å². The summed E-state index contributed by atoms with van der Waals surface area (Å²) in [5.41, 5.74) is 0. The van der Waals surface area contributed by atoms with Crippen LogP contribution in [-0.4, -0.2) is 18.0 Å². The van der Waals surface area contributed by atoms with Crippen LogP contribution in [0, 0.1) is 0 Å². The molecule has 0 aromatic heterocycles. The molecule has 0 saturated carbocycles. The van der Waals surface area contributed by atoms with E-state index in [4.69, 9.17) is 9.94 Å². The molecular weight excluding hydrogens is 106 g/mol. The van der Waals surface area contributed by atoms with Gasteiger partial charge in [0.15, 0.2) is 0 Å². The Morgan fingerprint density at radius 2 is 2.50 bits per heavy atom. The first-order valence-corrected chi connectivity index (χ1v) is 2.30. The van der Waals surface area contributed by atoms with Gasteiger partial charge in [-0.1, -0.05) is 6.58 Å². The van der Waals surface area contributed by atoms with E-state index in [1.165, 1.54) is 12.5 Å². The van der Waals surface area contributed by atoms with E-state index in [0.29, 0.717) is 13.0 Å². The van der Waals surface area contributed by atoms with E-state index in [0.717, 1.165) is 0 Å².